The molecule has 2 aromatic heterocycles. The van der Waals surface area contributed by atoms with Crippen LogP contribution >= 0.6 is 0 Å². The topological polar surface area (TPSA) is 18.1 Å². The average Bonchev–Trinajstić information content (AvgIpc) is 3.60. The molecule has 0 amide bonds. The molecule has 2 heterocycles. The van der Waals surface area contributed by atoms with E-state index in [1.54, 1.807) is 0 Å². The molecule has 0 aliphatic heterocycles. The van der Waals surface area contributed by atoms with Crippen LogP contribution < -0.4 is 0 Å². The number of aromatic nitrogens is 1. The van der Waals surface area contributed by atoms with Gasteiger partial charge in [0.15, 0.2) is 0 Å². The largest absolute Gasteiger partial charge is 0.455 e. The van der Waals surface area contributed by atoms with Crippen molar-refractivity contribution in [3.63, 3.8) is 0 Å². The summed E-state index contributed by atoms with van der Waals surface area (Å²) in [6, 6.07) is 54.4. The fourth-order valence-electron chi connectivity index (χ4n) is 6.57. The van der Waals surface area contributed by atoms with E-state index in [9.17, 15) is 0 Å². The molecule has 42 heavy (non-hydrogen) atoms. The third kappa shape index (κ3) is 3.45. The fraction of sp³-hybridized carbons (Fsp3) is 0. The van der Waals surface area contributed by atoms with Crippen LogP contribution in [0, 0.1) is 0 Å². The van der Waals surface area contributed by atoms with Crippen LogP contribution in [0.5, 0.6) is 0 Å². The lowest BCUT2D eigenvalue weighted by Crippen LogP contribution is -1.94. The molecular weight excluding hydrogens is 510 g/mol. The molecule has 2 heteroatoms. The zero-order valence-electron chi connectivity index (χ0n) is 22.8. The lowest BCUT2D eigenvalue weighted by Gasteiger charge is -2.11. The van der Waals surface area contributed by atoms with Crippen LogP contribution in [0.25, 0.3) is 82.5 Å². The minimum atomic E-state index is 0.916. The highest BCUT2D eigenvalue weighted by molar-refractivity contribution is 6.13. The summed E-state index contributed by atoms with van der Waals surface area (Å²) < 4.78 is 8.84. The number of hydrogen-bond donors (Lipinski definition) is 0. The van der Waals surface area contributed by atoms with E-state index in [-0.39, 0.29) is 0 Å². The first-order valence-corrected chi connectivity index (χ1v) is 14.4. The molecule has 7 aromatic carbocycles. The second kappa shape index (κ2) is 8.95. The van der Waals surface area contributed by atoms with Gasteiger partial charge in [-0.25, -0.2) is 0 Å². The molecule has 0 unspecified atom stereocenters. The summed E-state index contributed by atoms with van der Waals surface area (Å²) in [5, 5.41) is 7.24. The predicted octanol–water partition coefficient (Wildman–Crippen LogP) is 11.2. The van der Waals surface area contributed by atoms with E-state index >= 15 is 0 Å². The van der Waals surface area contributed by atoms with Crippen molar-refractivity contribution in [1.29, 1.82) is 0 Å². The van der Waals surface area contributed by atoms with Crippen molar-refractivity contribution in [2.75, 3.05) is 0 Å². The third-order valence-corrected chi connectivity index (χ3v) is 8.58. The number of rotatable bonds is 3. The van der Waals surface area contributed by atoms with Gasteiger partial charge in [-0.05, 0) is 63.9 Å². The van der Waals surface area contributed by atoms with Gasteiger partial charge in [-0.1, -0.05) is 115 Å². The zero-order chi connectivity index (χ0) is 27.6. The average molecular weight is 536 g/mol. The number of hydrogen-bond acceptors (Lipinski definition) is 1. The van der Waals surface area contributed by atoms with E-state index in [1.165, 1.54) is 43.7 Å². The van der Waals surface area contributed by atoms with Crippen molar-refractivity contribution < 1.29 is 4.42 Å². The molecule has 0 radical (unpaired) electrons. The molecule has 2 nitrogen and oxygen atoms in total. The quantitative estimate of drug-likeness (QED) is 0.220. The van der Waals surface area contributed by atoms with Gasteiger partial charge in [0.1, 0.15) is 11.2 Å². The highest BCUT2D eigenvalue weighted by Gasteiger charge is 2.17. The standard InChI is InChI=1S/C40H25NO/c1-2-9-26(10-3-1)29-19-22-37-36(24-29)33-21-18-30(32-14-8-15-35-34-13-6-7-16-39(34)42-40(32)35)25-38(33)41(37)31-20-17-27-11-4-5-12-28(27)23-31/h1-25H. The molecule has 196 valence electrons. The van der Waals surface area contributed by atoms with Crippen LogP contribution in [0.3, 0.4) is 0 Å². The van der Waals surface area contributed by atoms with Gasteiger partial charge in [-0.2, -0.15) is 0 Å². The Kier molecular flexibility index (Phi) is 4.93. The minimum Gasteiger partial charge on any atom is -0.455 e. The zero-order valence-corrected chi connectivity index (χ0v) is 22.8. The minimum absolute atomic E-state index is 0.916. The van der Waals surface area contributed by atoms with Crippen molar-refractivity contribution in [1.82, 2.24) is 4.57 Å². The van der Waals surface area contributed by atoms with Gasteiger partial charge >= 0.3 is 0 Å². The Morgan fingerprint density at radius 1 is 0.405 bits per heavy atom. The Bertz CT molecular complexity index is 2460. The molecular formula is C40H25NO. The summed E-state index contributed by atoms with van der Waals surface area (Å²) in [4.78, 5) is 0. The van der Waals surface area contributed by atoms with Crippen LogP contribution in [-0.4, -0.2) is 4.57 Å². The number of fused-ring (bicyclic) bond motifs is 7. The van der Waals surface area contributed by atoms with Crippen molar-refractivity contribution in [3.8, 4) is 27.9 Å². The number of furan rings is 1. The van der Waals surface area contributed by atoms with Crippen molar-refractivity contribution >= 4 is 54.5 Å². The van der Waals surface area contributed by atoms with Gasteiger partial charge in [0.05, 0.1) is 11.0 Å². The molecule has 0 aliphatic rings. The van der Waals surface area contributed by atoms with Crippen LogP contribution in [0.15, 0.2) is 156 Å². The Hall–Kier alpha value is -5.60. The Balaban J connectivity index is 1.34. The Labute approximate surface area is 242 Å². The fourth-order valence-corrected chi connectivity index (χ4v) is 6.57. The highest BCUT2D eigenvalue weighted by atomic mass is 16.3. The molecule has 0 saturated heterocycles. The molecule has 0 saturated carbocycles. The molecule has 0 spiro atoms. The normalized spacial score (nSPS) is 11.8. The molecule has 0 fully saturated rings. The molecule has 0 aliphatic carbocycles. The van der Waals surface area contributed by atoms with Crippen LogP contribution in [0.2, 0.25) is 0 Å². The summed E-state index contributed by atoms with van der Waals surface area (Å²) in [5.74, 6) is 0. The summed E-state index contributed by atoms with van der Waals surface area (Å²) in [5.41, 5.74) is 10.1. The number of benzene rings is 7. The molecule has 9 aromatic rings. The van der Waals surface area contributed by atoms with E-state index in [1.807, 2.05) is 12.1 Å². The summed E-state index contributed by atoms with van der Waals surface area (Å²) in [7, 11) is 0. The molecule has 9 rings (SSSR count). The first kappa shape index (κ1) is 23.1. The van der Waals surface area contributed by atoms with E-state index in [0.29, 0.717) is 0 Å². The Morgan fingerprint density at radius 2 is 1.19 bits per heavy atom. The van der Waals surface area contributed by atoms with Crippen molar-refractivity contribution in [2.24, 2.45) is 0 Å². The lowest BCUT2D eigenvalue weighted by molar-refractivity contribution is 0.670. The SMILES string of the molecule is c1ccc(-c2ccc3c(c2)c2ccc(-c4cccc5c4oc4ccccc45)cc2n3-c2ccc3ccccc3c2)cc1. The first-order chi connectivity index (χ1) is 20.8. The van der Waals surface area contributed by atoms with E-state index in [4.69, 9.17) is 4.42 Å². The number of para-hydroxylation sites is 2. The highest BCUT2D eigenvalue weighted by Crippen LogP contribution is 2.40. The lowest BCUT2D eigenvalue weighted by atomic mass is 10.00. The van der Waals surface area contributed by atoms with Gasteiger partial charge < -0.3 is 8.98 Å². The maximum Gasteiger partial charge on any atom is 0.143 e. The maximum atomic E-state index is 6.43. The monoisotopic (exact) mass is 535 g/mol. The third-order valence-electron chi connectivity index (χ3n) is 8.58. The van der Waals surface area contributed by atoms with Gasteiger partial charge in [-0.3, -0.25) is 0 Å². The maximum absolute atomic E-state index is 6.43. The predicted molar refractivity (Wildman–Crippen MR) is 176 cm³/mol. The molecule has 0 atom stereocenters. The summed E-state index contributed by atoms with van der Waals surface area (Å²) in [6.45, 7) is 0. The van der Waals surface area contributed by atoms with Gasteiger partial charge in [0, 0.05) is 32.8 Å². The van der Waals surface area contributed by atoms with Crippen LogP contribution in [0.4, 0.5) is 0 Å². The van der Waals surface area contributed by atoms with Gasteiger partial charge in [-0.15, -0.1) is 0 Å². The second-order valence-corrected chi connectivity index (χ2v) is 11.0. The smallest absolute Gasteiger partial charge is 0.143 e. The van der Waals surface area contributed by atoms with Crippen LogP contribution in [-0.2, 0) is 0 Å². The van der Waals surface area contributed by atoms with E-state index in [2.05, 4.69) is 144 Å². The van der Waals surface area contributed by atoms with Gasteiger partial charge in [0.25, 0.3) is 0 Å². The summed E-state index contributed by atoms with van der Waals surface area (Å²) in [6.07, 6.45) is 0. The number of nitrogens with zero attached hydrogens (tertiary/aromatic N) is 1. The van der Waals surface area contributed by atoms with E-state index in [0.717, 1.165) is 38.8 Å². The molecule has 0 bridgehead atoms. The van der Waals surface area contributed by atoms with Crippen molar-refractivity contribution in [3.05, 3.63) is 152 Å². The Morgan fingerprint density at radius 3 is 2.12 bits per heavy atom. The summed E-state index contributed by atoms with van der Waals surface area (Å²) >= 11 is 0. The van der Waals surface area contributed by atoms with E-state index < -0.39 is 0 Å². The second-order valence-electron chi connectivity index (χ2n) is 11.0. The first-order valence-electron chi connectivity index (χ1n) is 14.4. The molecule has 0 N–H and O–H groups in total. The van der Waals surface area contributed by atoms with Crippen LogP contribution in [0.1, 0.15) is 0 Å². The van der Waals surface area contributed by atoms with Gasteiger partial charge in [0.2, 0.25) is 0 Å². The van der Waals surface area contributed by atoms with Crippen molar-refractivity contribution in [2.45, 2.75) is 0 Å².